The molecule has 0 saturated heterocycles. The van der Waals surface area contributed by atoms with E-state index in [0.717, 1.165) is 47.2 Å². The van der Waals surface area contributed by atoms with E-state index in [-0.39, 0.29) is 11.7 Å². The molecule has 35 heavy (non-hydrogen) atoms. The van der Waals surface area contributed by atoms with Gasteiger partial charge in [0.1, 0.15) is 5.75 Å². The summed E-state index contributed by atoms with van der Waals surface area (Å²) in [6.45, 7) is 6.03. The van der Waals surface area contributed by atoms with Gasteiger partial charge in [-0.1, -0.05) is 31.2 Å². The summed E-state index contributed by atoms with van der Waals surface area (Å²) in [5.74, 6) is 3.24. The second-order valence-corrected chi connectivity index (χ2v) is 8.87. The average Bonchev–Trinajstić information content (AvgIpc) is 3.31. The second kappa shape index (κ2) is 13.0. The monoisotopic (exact) mass is 498 g/mol. The van der Waals surface area contributed by atoms with Gasteiger partial charge >= 0.3 is 0 Å². The number of hydrogen-bond donors (Lipinski definition) is 0. The number of methoxy groups -OCH3 is 3. The number of carbonyl (C=O) groups excluding carboxylic acids is 1. The van der Waals surface area contributed by atoms with Gasteiger partial charge < -0.3 is 23.7 Å². The zero-order valence-electron chi connectivity index (χ0n) is 21.1. The normalized spacial score (nSPS) is 10.8. The maximum Gasteiger partial charge on any atom is 0.233 e. The summed E-state index contributed by atoms with van der Waals surface area (Å²) < 4.78 is 18.1. The van der Waals surface area contributed by atoms with E-state index in [9.17, 15) is 4.79 Å². The Balaban J connectivity index is 1.72. The first-order valence-electron chi connectivity index (χ1n) is 11.7. The van der Waals surface area contributed by atoms with Crippen molar-refractivity contribution in [2.24, 2.45) is 0 Å². The molecule has 3 aromatic rings. The largest absolute Gasteiger partial charge is 0.497 e. The molecular formula is C26H34N4O4S. The summed E-state index contributed by atoms with van der Waals surface area (Å²) >= 11 is 1.43. The summed E-state index contributed by atoms with van der Waals surface area (Å²) in [6.07, 6.45) is 2.06. The molecule has 0 saturated carbocycles. The number of carbonyl (C=O) groups is 1. The number of ether oxygens (including phenoxy) is 3. The Morgan fingerprint density at radius 2 is 1.71 bits per heavy atom. The van der Waals surface area contributed by atoms with E-state index in [1.165, 1.54) is 11.8 Å². The van der Waals surface area contributed by atoms with Gasteiger partial charge in [0.25, 0.3) is 0 Å². The van der Waals surface area contributed by atoms with Crippen LogP contribution >= 0.6 is 11.8 Å². The zero-order valence-corrected chi connectivity index (χ0v) is 21.9. The van der Waals surface area contributed by atoms with Crippen molar-refractivity contribution in [2.75, 3.05) is 33.6 Å². The van der Waals surface area contributed by atoms with Crippen LogP contribution < -0.4 is 14.2 Å². The minimum absolute atomic E-state index is 0.0447. The predicted molar refractivity (Wildman–Crippen MR) is 138 cm³/mol. The van der Waals surface area contributed by atoms with Gasteiger partial charge in [-0.15, -0.1) is 10.2 Å². The fourth-order valence-electron chi connectivity index (χ4n) is 3.66. The fraction of sp³-hybridized carbons (Fsp3) is 0.423. The van der Waals surface area contributed by atoms with Crippen LogP contribution in [0.4, 0.5) is 0 Å². The van der Waals surface area contributed by atoms with Crippen molar-refractivity contribution in [3.05, 3.63) is 48.0 Å². The molecule has 0 radical (unpaired) electrons. The maximum absolute atomic E-state index is 13.1. The molecule has 0 bridgehead atoms. The van der Waals surface area contributed by atoms with Crippen LogP contribution in [-0.2, 0) is 17.9 Å². The van der Waals surface area contributed by atoms with Crippen molar-refractivity contribution >= 4 is 17.7 Å². The quantitative estimate of drug-likeness (QED) is 0.310. The van der Waals surface area contributed by atoms with Crippen LogP contribution in [0.25, 0.3) is 11.4 Å². The van der Waals surface area contributed by atoms with Crippen LogP contribution in [0, 0.1) is 0 Å². The first-order valence-corrected chi connectivity index (χ1v) is 12.7. The third kappa shape index (κ3) is 6.69. The lowest BCUT2D eigenvalue weighted by molar-refractivity contribution is -0.128. The van der Waals surface area contributed by atoms with Gasteiger partial charge in [0.2, 0.25) is 5.91 Å². The molecule has 0 atom stereocenters. The molecular weight excluding hydrogens is 464 g/mol. The molecule has 0 spiro atoms. The molecule has 0 fully saturated rings. The third-order valence-electron chi connectivity index (χ3n) is 5.68. The highest BCUT2D eigenvalue weighted by atomic mass is 32.2. The summed E-state index contributed by atoms with van der Waals surface area (Å²) in [4.78, 5) is 14.9. The van der Waals surface area contributed by atoms with Gasteiger partial charge in [-0.2, -0.15) is 0 Å². The highest BCUT2D eigenvalue weighted by molar-refractivity contribution is 7.99. The number of nitrogens with zero attached hydrogens (tertiary/aromatic N) is 4. The maximum atomic E-state index is 13.1. The predicted octanol–water partition coefficient (Wildman–Crippen LogP) is 4.91. The molecule has 0 aliphatic heterocycles. The van der Waals surface area contributed by atoms with E-state index in [1.807, 2.05) is 54.3 Å². The standard InChI is InChI=1S/C26H34N4O4S/c1-6-8-15-30-25(20-10-12-21(32-3)13-11-20)27-28-26(30)35-18-24(31)29(7-2)17-19-9-14-22(33-4)23(16-19)34-5/h9-14,16H,6-8,15,17-18H2,1-5H3. The Morgan fingerprint density at radius 1 is 0.971 bits per heavy atom. The lowest BCUT2D eigenvalue weighted by Crippen LogP contribution is -2.31. The highest BCUT2D eigenvalue weighted by Crippen LogP contribution is 2.29. The van der Waals surface area contributed by atoms with Crippen molar-refractivity contribution in [3.8, 4) is 28.6 Å². The minimum Gasteiger partial charge on any atom is -0.497 e. The van der Waals surface area contributed by atoms with Crippen molar-refractivity contribution in [1.29, 1.82) is 0 Å². The van der Waals surface area contributed by atoms with E-state index in [1.54, 1.807) is 21.3 Å². The summed E-state index contributed by atoms with van der Waals surface area (Å²) in [6, 6.07) is 13.5. The van der Waals surface area contributed by atoms with E-state index < -0.39 is 0 Å². The number of benzene rings is 2. The smallest absolute Gasteiger partial charge is 0.233 e. The molecule has 9 heteroatoms. The molecule has 0 N–H and O–H groups in total. The topological polar surface area (TPSA) is 78.7 Å². The molecule has 0 aliphatic rings. The fourth-order valence-corrected chi connectivity index (χ4v) is 4.53. The van der Waals surface area contributed by atoms with Gasteiger partial charge in [-0.25, -0.2) is 0 Å². The van der Waals surface area contributed by atoms with Crippen molar-refractivity contribution in [2.45, 2.75) is 44.9 Å². The lowest BCUT2D eigenvalue weighted by atomic mass is 10.2. The average molecular weight is 499 g/mol. The third-order valence-corrected chi connectivity index (χ3v) is 6.63. The van der Waals surface area contributed by atoms with E-state index in [0.29, 0.717) is 24.6 Å². The van der Waals surface area contributed by atoms with Crippen molar-refractivity contribution in [3.63, 3.8) is 0 Å². The van der Waals surface area contributed by atoms with Crippen LogP contribution in [0.3, 0.4) is 0 Å². The Bertz CT molecular complexity index is 1100. The highest BCUT2D eigenvalue weighted by Gasteiger charge is 2.18. The first kappa shape index (κ1) is 26.4. The molecule has 1 heterocycles. The molecule has 0 unspecified atom stereocenters. The Morgan fingerprint density at radius 3 is 2.34 bits per heavy atom. The summed E-state index contributed by atoms with van der Waals surface area (Å²) in [5.41, 5.74) is 1.95. The van der Waals surface area contributed by atoms with E-state index in [4.69, 9.17) is 14.2 Å². The number of thioether (sulfide) groups is 1. The van der Waals surface area contributed by atoms with Crippen LogP contribution in [-0.4, -0.2) is 59.2 Å². The number of aromatic nitrogens is 3. The van der Waals surface area contributed by atoms with Crippen molar-refractivity contribution in [1.82, 2.24) is 19.7 Å². The number of hydrogen-bond acceptors (Lipinski definition) is 7. The number of unbranched alkanes of at least 4 members (excludes halogenated alkanes) is 1. The van der Waals surface area contributed by atoms with Crippen LogP contribution in [0.1, 0.15) is 32.3 Å². The first-order chi connectivity index (χ1) is 17.0. The molecule has 1 aromatic heterocycles. The summed E-state index contributed by atoms with van der Waals surface area (Å²) in [5, 5.41) is 9.61. The van der Waals surface area contributed by atoms with Crippen LogP contribution in [0.5, 0.6) is 17.2 Å². The molecule has 0 aliphatic carbocycles. The second-order valence-electron chi connectivity index (χ2n) is 7.93. The van der Waals surface area contributed by atoms with Crippen LogP contribution in [0.15, 0.2) is 47.6 Å². The van der Waals surface area contributed by atoms with Crippen molar-refractivity contribution < 1.29 is 19.0 Å². The number of amides is 1. The molecule has 8 nitrogen and oxygen atoms in total. The molecule has 3 rings (SSSR count). The molecule has 1 amide bonds. The number of rotatable bonds is 13. The Hall–Kier alpha value is -3.20. The van der Waals surface area contributed by atoms with E-state index >= 15 is 0 Å². The SMILES string of the molecule is CCCCn1c(SCC(=O)N(CC)Cc2ccc(OC)c(OC)c2)nnc1-c1ccc(OC)cc1. The molecule has 2 aromatic carbocycles. The van der Waals surface area contributed by atoms with Crippen LogP contribution in [0.2, 0.25) is 0 Å². The van der Waals surface area contributed by atoms with Gasteiger partial charge in [0, 0.05) is 25.2 Å². The van der Waals surface area contributed by atoms with Gasteiger partial charge in [0.15, 0.2) is 22.5 Å². The summed E-state index contributed by atoms with van der Waals surface area (Å²) in [7, 11) is 4.86. The molecule has 188 valence electrons. The Kier molecular flexibility index (Phi) is 9.84. The zero-order chi connectivity index (χ0) is 25.2. The van der Waals surface area contributed by atoms with Gasteiger partial charge in [-0.05, 0) is 55.3 Å². The lowest BCUT2D eigenvalue weighted by Gasteiger charge is -2.21. The van der Waals surface area contributed by atoms with Gasteiger partial charge in [0.05, 0.1) is 27.1 Å². The van der Waals surface area contributed by atoms with Gasteiger partial charge in [-0.3, -0.25) is 4.79 Å². The minimum atomic E-state index is 0.0447. The van der Waals surface area contributed by atoms with E-state index in [2.05, 4.69) is 21.7 Å². The Labute approximate surface area is 211 Å².